The van der Waals surface area contributed by atoms with Gasteiger partial charge in [0.1, 0.15) is 11.1 Å². The van der Waals surface area contributed by atoms with Crippen LogP contribution in [0, 0.1) is 0 Å². The van der Waals surface area contributed by atoms with E-state index in [1.807, 2.05) is 0 Å². The Morgan fingerprint density at radius 3 is 2.81 bits per heavy atom. The predicted molar refractivity (Wildman–Crippen MR) is 79.8 cm³/mol. The molecule has 1 heterocycles. The van der Waals surface area contributed by atoms with Crippen LogP contribution in [0.5, 0.6) is 0 Å². The molecule has 2 N–H and O–H groups in total. The second-order valence-corrected chi connectivity index (χ2v) is 5.29. The molecule has 0 saturated heterocycles. The zero-order valence-corrected chi connectivity index (χ0v) is 11.8. The van der Waals surface area contributed by atoms with Crippen molar-refractivity contribution in [2.45, 2.75) is 0 Å². The molecule has 2 rings (SSSR count). The van der Waals surface area contributed by atoms with Gasteiger partial charge in [0.05, 0.1) is 5.75 Å². The molecule has 0 aliphatic carbocycles. The van der Waals surface area contributed by atoms with Crippen LogP contribution >= 0.6 is 11.8 Å². The van der Waals surface area contributed by atoms with Crippen LogP contribution in [0.1, 0.15) is 10.4 Å². The quantitative estimate of drug-likeness (QED) is 0.617. The Kier molecular flexibility index (Phi) is 4.99. The summed E-state index contributed by atoms with van der Waals surface area (Å²) in [4.78, 5) is 34.0. The number of nitrogens with one attached hydrogen (secondary N) is 1. The number of benzene rings is 1. The second-order valence-electron chi connectivity index (χ2n) is 4.19. The predicted octanol–water partition coefficient (Wildman–Crippen LogP) is 1.34. The standard InChI is InChI=1S/C14H13NO5S/c16-12(17)8-21-6-5-15-13(18)10-7-9-3-1-2-4-11(9)20-14(10)19/h1-4,7H,5-6,8H2,(H,15,18)(H,16,17). The van der Waals surface area contributed by atoms with E-state index in [0.29, 0.717) is 16.7 Å². The van der Waals surface area contributed by atoms with Crippen molar-refractivity contribution in [2.24, 2.45) is 0 Å². The highest BCUT2D eigenvalue weighted by atomic mass is 32.2. The second kappa shape index (κ2) is 6.94. The van der Waals surface area contributed by atoms with Gasteiger partial charge < -0.3 is 14.8 Å². The van der Waals surface area contributed by atoms with Crippen LogP contribution < -0.4 is 10.9 Å². The number of amides is 1. The molecule has 0 atom stereocenters. The molecule has 21 heavy (non-hydrogen) atoms. The SMILES string of the molecule is O=C(O)CSCCNC(=O)c1cc2ccccc2oc1=O. The van der Waals surface area contributed by atoms with E-state index in [-0.39, 0.29) is 17.9 Å². The van der Waals surface area contributed by atoms with Gasteiger partial charge in [-0.3, -0.25) is 9.59 Å². The molecule has 0 aliphatic rings. The Hall–Kier alpha value is -2.28. The fourth-order valence-corrected chi connectivity index (χ4v) is 2.28. The average molecular weight is 307 g/mol. The van der Waals surface area contributed by atoms with Crippen LogP contribution in [-0.2, 0) is 4.79 Å². The minimum absolute atomic E-state index is 0.0199. The van der Waals surface area contributed by atoms with Crippen molar-refractivity contribution in [1.82, 2.24) is 5.32 Å². The summed E-state index contributed by atoms with van der Waals surface area (Å²) in [5, 5.41) is 11.7. The molecule has 6 nitrogen and oxygen atoms in total. The van der Waals surface area contributed by atoms with E-state index in [2.05, 4.69) is 5.32 Å². The fraction of sp³-hybridized carbons (Fsp3) is 0.214. The number of thioether (sulfide) groups is 1. The summed E-state index contributed by atoms with van der Waals surface area (Å²) in [6.45, 7) is 0.281. The van der Waals surface area contributed by atoms with Gasteiger partial charge in [-0.2, -0.15) is 0 Å². The van der Waals surface area contributed by atoms with Gasteiger partial charge in [-0.1, -0.05) is 18.2 Å². The molecule has 1 aromatic carbocycles. The maximum Gasteiger partial charge on any atom is 0.349 e. The monoisotopic (exact) mass is 307 g/mol. The zero-order chi connectivity index (χ0) is 15.2. The van der Waals surface area contributed by atoms with Crippen molar-refractivity contribution >= 4 is 34.6 Å². The number of aliphatic carboxylic acids is 1. The molecule has 0 spiro atoms. The van der Waals surface area contributed by atoms with E-state index in [1.165, 1.54) is 17.8 Å². The Bertz CT molecular complexity index is 725. The van der Waals surface area contributed by atoms with Crippen LogP contribution in [-0.4, -0.2) is 35.0 Å². The Morgan fingerprint density at radius 1 is 1.29 bits per heavy atom. The Morgan fingerprint density at radius 2 is 2.05 bits per heavy atom. The number of carbonyl (C=O) groups is 2. The number of carboxylic acid groups (broad SMARTS) is 1. The third kappa shape index (κ3) is 4.09. The summed E-state index contributed by atoms with van der Waals surface area (Å²) < 4.78 is 5.07. The third-order valence-corrected chi connectivity index (χ3v) is 3.59. The zero-order valence-electron chi connectivity index (χ0n) is 11.0. The van der Waals surface area contributed by atoms with Crippen molar-refractivity contribution in [1.29, 1.82) is 0 Å². The number of fused-ring (bicyclic) bond motifs is 1. The van der Waals surface area contributed by atoms with E-state index in [9.17, 15) is 14.4 Å². The van der Waals surface area contributed by atoms with Crippen molar-refractivity contribution in [3.8, 4) is 0 Å². The van der Waals surface area contributed by atoms with E-state index in [4.69, 9.17) is 9.52 Å². The molecular weight excluding hydrogens is 294 g/mol. The van der Waals surface area contributed by atoms with Gasteiger partial charge >= 0.3 is 11.6 Å². The average Bonchev–Trinajstić information content (AvgIpc) is 2.45. The fourth-order valence-electron chi connectivity index (χ4n) is 1.71. The highest BCUT2D eigenvalue weighted by Gasteiger charge is 2.12. The van der Waals surface area contributed by atoms with Gasteiger partial charge in [-0.25, -0.2) is 4.79 Å². The molecule has 0 aliphatic heterocycles. The highest BCUT2D eigenvalue weighted by Crippen LogP contribution is 2.12. The van der Waals surface area contributed by atoms with Gasteiger partial charge in [0.15, 0.2) is 0 Å². The van der Waals surface area contributed by atoms with Crippen molar-refractivity contribution in [3.63, 3.8) is 0 Å². The number of hydrogen-bond donors (Lipinski definition) is 2. The smallest absolute Gasteiger partial charge is 0.349 e. The van der Waals surface area contributed by atoms with Crippen LogP contribution in [0.4, 0.5) is 0 Å². The molecule has 1 aromatic heterocycles. The topological polar surface area (TPSA) is 96.6 Å². The van der Waals surface area contributed by atoms with Crippen LogP contribution in [0.2, 0.25) is 0 Å². The molecule has 110 valence electrons. The summed E-state index contributed by atoms with van der Waals surface area (Å²) in [5.74, 6) is -0.989. The third-order valence-electron chi connectivity index (χ3n) is 2.64. The normalized spacial score (nSPS) is 10.5. The maximum absolute atomic E-state index is 11.9. The molecule has 0 saturated carbocycles. The van der Waals surface area contributed by atoms with Crippen molar-refractivity contribution in [2.75, 3.05) is 18.1 Å². The Labute approximate surface area is 124 Å². The molecule has 7 heteroatoms. The first kappa shape index (κ1) is 15.1. The van der Waals surface area contributed by atoms with E-state index in [1.54, 1.807) is 24.3 Å². The summed E-state index contributed by atoms with van der Waals surface area (Å²) in [7, 11) is 0. The van der Waals surface area contributed by atoms with Crippen LogP contribution in [0.3, 0.4) is 0 Å². The Balaban J connectivity index is 2.01. The van der Waals surface area contributed by atoms with Crippen molar-refractivity contribution in [3.05, 3.63) is 46.3 Å². The lowest BCUT2D eigenvalue weighted by atomic mass is 10.2. The van der Waals surface area contributed by atoms with Gasteiger partial charge in [-0.15, -0.1) is 11.8 Å². The first-order valence-electron chi connectivity index (χ1n) is 6.18. The molecule has 2 aromatic rings. The number of rotatable bonds is 6. The summed E-state index contributed by atoms with van der Waals surface area (Å²) >= 11 is 1.19. The molecule has 0 unspecified atom stereocenters. The minimum atomic E-state index is -0.901. The maximum atomic E-state index is 11.9. The molecule has 0 bridgehead atoms. The number of hydrogen-bond acceptors (Lipinski definition) is 5. The molecule has 0 radical (unpaired) electrons. The molecule has 1 amide bonds. The van der Waals surface area contributed by atoms with Crippen LogP contribution in [0.25, 0.3) is 11.0 Å². The lowest BCUT2D eigenvalue weighted by molar-refractivity contribution is -0.133. The molecule has 0 fully saturated rings. The number of carboxylic acids is 1. The first-order valence-corrected chi connectivity index (χ1v) is 7.34. The van der Waals surface area contributed by atoms with Crippen LogP contribution in [0.15, 0.2) is 39.5 Å². The highest BCUT2D eigenvalue weighted by molar-refractivity contribution is 7.99. The lowest BCUT2D eigenvalue weighted by Gasteiger charge is -2.04. The van der Waals surface area contributed by atoms with Gasteiger partial charge in [-0.05, 0) is 12.1 Å². The number of para-hydroxylation sites is 1. The summed E-state index contributed by atoms with van der Waals surface area (Å²) in [5.41, 5.74) is -0.322. The van der Waals surface area contributed by atoms with E-state index in [0.717, 1.165) is 0 Å². The largest absolute Gasteiger partial charge is 0.481 e. The van der Waals surface area contributed by atoms with Crippen molar-refractivity contribution < 1.29 is 19.1 Å². The molecular formula is C14H13NO5S. The van der Waals surface area contributed by atoms with Gasteiger partial charge in [0.2, 0.25) is 0 Å². The summed E-state index contributed by atoms with van der Waals surface area (Å²) in [6.07, 6.45) is 0. The van der Waals surface area contributed by atoms with E-state index >= 15 is 0 Å². The van der Waals surface area contributed by atoms with Gasteiger partial charge in [0, 0.05) is 17.7 Å². The number of carbonyl (C=O) groups excluding carboxylic acids is 1. The first-order chi connectivity index (χ1) is 10.1. The van der Waals surface area contributed by atoms with E-state index < -0.39 is 17.5 Å². The summed E-state index contributed by atoms with van der Waals surface area (Å²) in [6, 6.07) is 8.41. The van der Waals surface area contributed by atoms with Gasteiger partial charge in [0.25, 0.3) is 5.91 Å². The minimum Gasteiger partial charge on any atom is -0.481 e. The lowest BCUT2D eigenvalue weighted by Crippen LogP contribution is -2.30.